The number of ether oxygens (including phenoxy) is 1. The van der Waals surface area contributed by atoms with Crippen molar-refractivity contribution in [1.82, 2.24) is 10.1 Å². The Kier molecular flexibility index (Phi) is 2.64. The van der Waals surface area contributed by atoms with Crippen LogP contribution in [0.2, 0.25) is 0 Å². The van der Waals surface area contributed by atoms with Gasteiger partial charge in [-0.2, -0.15) is 4.98 Å². The van der Waals surface area contributed by atoms with E-state index in [1.165, 1.54) is 18.2 Å². The molecule has 5 heteroatoms. The molecule has 0 bridgehead atoms. The monoisotopic (exact) mass is 284 g/mol. The number of methoxy groups -OCH3 is 1. The molecule has 2 aromatic rings. The minimum Gasteiger partial charge on any atom is -0.468 e. The fraction of sp³-hybridized carbons (Fsp3) is 0.438. The van der Waals surface area contributed by atoms with Gasteiger partial charge in [-0.25, -0.2) is 0 Å². The summed E-state index contributed by atoms with van der Waals surface area (Å²) in [6.45, 7) is 0. The Morgan fingerprint density at radius 1 is 1.29 bits per heavy atom. The third-order valence-corrected chi connectivity index (χ3v) is 4.59. The van der Waals surface area contributed by atoms with Crippen LogP contribution in [-0.2, 0) is 27.8 Å². The molecule has 1 saturated carbocycles. The number of rotatable bonds is 3. The first-order chi connectivity index (χ1) is 10.2. The lowest BCUT2D eigenvalue weighted by Gasteiger charge is -2.06. The number of aromatic nitrogens is 2. The minimum absolute atomic E-state index is 0.244. The lowest BCUT2D eigenvalue weighted by atomic mass is 10.1. The SMILES string of the molecule is COC(=O)C1(c2nc(C3Cc4ccccc4C3)no2)CC1. The van der Waals surface area contributed by atoms with Crippen LogP contribution in [0.5, 0.6) is 0 Å². The summed E-state index contributed by atoms with van der Waals surface area (Å²) >= 11 is 0. The van der Waals surface area contributed by atoms with Gasteiger partial charge in [0.05, 0.1) is 7.11 Å². The molecule has 1 aromatic heterocycles. The van der Waals surface area contributed by atoms with E-state index in [2.05, 4.69) is 34.4 Å². The molecular formula is C16H16N2O3. The van der Waals surface area contributed by atoms with E-state index in [1.807, 2.05) is 0 Å². The Morgan fingerprint density at radius 2 is 1.95 bits per heavy atom. The highest BCUT2D eigenvalue weighted by molar-refractivity contribution is 5.85. The molecule has 1 heterocycles. The Bertz CT molecular complexity index is 678. The lowest BCUT2D eigenvalue weighted by molar-refractivity contribution is -0.144. The minimum atomic E-state index is -0.675. The fourth-order valence-corrected chi connectivity index (χ4v) is 3.16. The highest BCUT2D eigenvalue weighted by Crippen LogP contribution is 2.48. The highest BCUT2D eigenvalue weighted by atomic mass is 16.5. The van der Waals surface area contributed by atoms with E-state index < -0.39 is 5.41 Å². The third kappa shape index (κ3) is 1.87. The van der Waals surface area contributed by atoms with Gasteiger partial charge in [0, 0.05) is 5.92 Å². The summed E-state index contributed by atoms with van der Waals surface area (Å²) in [4.78, 5) is 16.4. The van der Waals surface area contributed by atoms with E-state index in [-0.39, 0.29) is 11.9 Å². The van der Waals surface area contributed by atoms with Crippen LogP contribution in [0.25, 0.3) is 0 Å². The smallest absolute Gasteiger partial charge is 0.321 e. The molecule has 4 rings (SSSR count). The van der Waals surface area contributed by atoms with Crippen molar-refractivity contribution < 1.29 is 14.1 Å². The number of nitrogens with zero attached hydrogens (tertiary/aromatic N) is 2. The second kappa shape index (κ2) is 4.41. The highest BCUT2D eigenvalue weighted by Gasteiger charge is 2.57. The van der Waals surface area contributed by atoms with Crippen LogP contribution in [0.3, 0.4) is 0 Å². The molecule has 0 saturated heterocycles. The summed E-state index contributed by atoms with van der Waals surface area (Å²) in [6.07, 6.45) is 3.32. The van der Waals surface area contributed by atoms with Gasteiger partial charge >= 0.3 is 5.97 Å². The maximum absolute atomic E-state index is 11.9. The van der Waals surface area contributed by atoms with E-state index in [1.54, 1.807) is 0 Å². The molecule has 0 unspecified atom stereocenters. The number of carbonyl (C=O) groups excluding carboxylic acids is 1. The molecule has 0 aliphatic heterocycles. The maximum atomic E-state index is 11.9. The zero-order valence-corrected chi connectivity index (χ0v) is 11.8. The molecule has 108 valence electrons. The Balaban J connectivity index is 1.58. The lowest BCUT2D eigenvalue weighted by Crippen LogP contribution is -2.22. The van der Waals surface area contributed by atoms with Gasteiger partial charge in [0.1, 0.15) is 5.41 Å². The van der Waals surface area contributed by atoms with Crippen LogP contribution in [0.4, 0.5) is 0 Å². The van der Waals surface area contributed by atoms with Gasteiger partial charge in [-0.05, 0) is 36.8 Å². The summed E-state index contributed by atoms with van der Waals surface area (Å²) in [7, 11) is 1.40. The van der Waals surface area contributed by atoms with Gasteiger partial charge in [0.2, 0.25) is 5.89 Å². The van der Waals surface area contributed by atoms with Gasteiger partial charge in [0.15, 0.2) is 5.82 Å². The van der Waals surface area contributed by atoms with Gasteiger partial charge in [0.25, 0.3) is 0 Å². The van der Waals surface area contributed by atoms with Crippen molar-refractivity contribution in [3.63, 3.8) is 0 Å². The Hall–Kier alpha value is -2.17. The second-order valence-corrected chi connectivity index (χ2v) is 5.91. The second-order valence-electron chi connectivity index (χ2n) is 5.91. The molecule has 21 heavy (non-hydrogen) atoms. The average molecular weight is 284 g/mol. The molecule has 0 spiro atoms. The predicted molar refractivity (Wildman–Crippen MR) is 73.8 cm³/mol. The molecular weight excluding hydrogens is 268 g/mol. The van der Waals surface area contributed by atoms with Crippen LogP contribution in [0.15, 0.2) is 28.8 Å². The predicted octanol–water partition coefficient (Wildman–Crippen LogP) is 2.16. The van der Waals surface area contributed by atoms with E-state index in [4.69, 9.17) is 9.26 Å². The summed E-state index contributed by atoms with van der Waals surface area (Å²) in [6, 6.07) is 8.40. The van der Waals surface area contributed by atoms with Crippen molar-refractivity contribution >= 4 is 5.97 Å². The molecule has 0 N–H and O–H groups in total. The zero-order valence-electron chi connectivity index (χ0n) is 11.8. The number of hydrogen-bond acceptors (Lipinski definition) is 5. The van der Waals surface area contributed by atoms with Gasteiger partial charge in [-0.15, -0.1) is 0 Å². The molecule has 2 aliphatic carbocycles. The summed E-state index contributed by atoms with van der Waals surface area (Å²) in [5.41, 5.74) is 2.02. The summed E-state index contributed by atoms with van der Waals surface area (Å²) < 4.78 is 10.2. The number of hydrogen-bond donors (Lipinski definition) is 0. The largest absolute Gasteiger partial charge is 0.468 e. The van der Waals surface area contributed by atoms with Crippen LogP contribution < -0.4 is 0 Å². The van der Waals surface area contributed by atoms with Gasteiger partial charge < -0.3 is 9.26 Å². The molecule has 1 fully saturated rings. The van der Waals surface area contributed by atoms with Crippen LogP contribution >= 0.6 is 0 Å². The number of carbonyl (C=O) groups is 1. The topological polar surface area (TPSA) is 65.2 Å². The first-order valence-electron chi connectivity index (χ1n) is 7.22. The van der Waals surface area contributed by atoms with Crippen molar-refractivity contribution in [2.45, 2.75) is 37.0 Å². The third-order valence-electron chi connectivity index (χ3n) is 4.59. The van der Waals surface area contributed by atoms with Gasteiger partial charge in [-0.3, -0.25) is 4.79 Å². The molecule has 1 aromatic carbocycles. The molecule has 2 aliphatic rings. The Morgan fingerprint density at radius 3 is 2.52 bits per heavy atom. The first kappa shape index (κ1) is 12.6. The fourth-order valence-electron chi connectivity index (χ4n) is 3.16. The van der Waals surface area contributed by atoms with Gasteiger partial charge in [-0.1, -0.05) is 29.4 Å². The Labute approximate surface area is 122 Å². The molecule has 0 atom stereocenters. The maximum Gasteiger partial charge on any atom is 0.321 e. The normalized spacial score (nSPS) is 19.3. The quantitative estimate of drug-likeness (QED) is 0.808. The van der Waals surface area contributed by atoms with Crippen molar-refractivity contribution in [2.24, 2.45) is 0 Å². The zero-order chi connectivity index (χ0) is 14.4. The van der Waals surface area contributed by atoms with Crippen molar-refractivity contribution in [3.05, 3.63) is 47.1 Å². The molecule has 5 nitrogen and oxygen atoms in total. The van der Waals surface area contributed by atoms with Crippen LogP contribution in [0.1, 0.15) is 41.6 Å². The van der Waals surface area contributed by atoms with E-state index in [0.717, 1.165) is 25.7 Å². The van der Waals surface area contributed by atoms with Crippen molar-refractivity contribution in [2.75, 3.05) is 7.11 Å². The van der Waals surface area contributed by atoms with E-state index >= 15 is 0 Å². The van der Waals surface area contributed by atoms with Crippen LogP contribution in [0, 0.1) is 0 Å². The van der Waals surface area contributed by atoms with E-state index in [0.29, 0.717) is 11.7 Å². The standard InChI is InChI=1S/C16H16N2O3/c1-20-15(19)16(6-7-16)14-17-13(18-21-14)12-8-10-4-2-3-5-11(10)9-12/h2-5,12H,6-9H2,1H3. The number of benzene rings is 1. The van der Waals surface area contributed by atoms with Crippen LogP contribution in [-0.4, -0.2) is 23.2 Å². The average Bonchev–Trinajstić information content (AvgIpc) is 3.00. The first-order valence-corrected chi connectivity index (χ1v) is 7.22. The van der Waals surface area contributed by atoms with Crippen molar-refractivity contribution in [3.8, 4) is 0 Å². The summed E-state index contributed by atoms with van der Waals surface area (Å²) in [5, 5.41) is 4.11. The molecule has 0 amide bonds. The number of fused-ring (bicyclic) bond motifs is 1. The number of esters is 1. The summed E-state index contributed by atoms with van der Waals surface area (Å²) in [5.74, 6) is 1.09. The van der Waals surface area contributed by atoms with Crippen molar-refractivity contribution in [1.29, 1.82) is 0 Å². The van der Waals surface area contributed by atoms with E-state index in [9.17, 15) is 4.79 Å². The molecule has 0 radical (unpaired) electrons.